The lowest BCUT2D eigenvalue weighted by Crippen LogP contribution is -2.34. The van der Waals surface area contributed by atoms with Gasteiger partial charge in [-0.15, -0.1) is 0 Å². The molecule has 4 rings (SSSR count). The molecule has 0 unspecified atom stereocenters. The van der Waals surface area contributed by atoms with Crippen LogP contribution in [0.5, 0.6) is 0 Å². The SMILES string of the molecule is CCOP(=O)(Cc1ccc(Nc2ncc(C(F)(F)F)c(Nc3cccc4c3C(=O)N(C)CC4)n2)cc1)OCC. The molecule has 0 radical (unpaired) electrons. The maximum absolute atomic E-state index is 13.8. The molecule has 1 aromatic heterocycles. The van der Waals surface area contributed by atoms with Crippen molar-refractivity contribution in [1.29, 1.82) is 0 Å². The van der Waals surface area contributed by atoms with Crippen LogP contribution in [-0.2, 0) is 32.4 Å². The Kier molecular flexibility index (Phi) is 8.58. The van der Waals surface area contributed by atoms with E-state index in [4.69, 9.17) is 9.05 Å². The summed E-state index contributed by atoms with van der Waals surface area (Å²) in [6, 6.07) is 11.7. The Bertz CT molecular complexity index is 1370. The maximum Gasteiger partial charge on any atom is 0.421 e. The van der Waals surface area contributed by atoms with Gasteiger partial charge < -0.3 is 24.6 Å². The molecular weight excluding hydrogens is 534 g/mol. The first-order valence-corrected chi connectivity index (χ1v) is 14.1. The van der Waals surface area contributed by atoms with Crippen LogP contribution in [0.4, 0.5) is 36.3 Å². The van der Waals surface area contributed by atoms with Gasteiger partial charge in [-0.05, 0) is 49.6 Å². The first kappa shape index (κ1) is 28.5. The van der Waals surface area contributed by atoms with E-state index in [1.807, 2.05) is 0 Å². The number of rotatable bonds is 10. The van der Waals surface area contributed by atoms with Crippen LogP contribution < -0.4 is 10.6 Å². The summed E-state index contributed by atoms with van der Waals surface area (Å²) in [6.07, 6.45) is -3.37. The molecule has 0 bridgehead atoms. The van der Waals surface area contributed by atoms with Gasteiger partial charge in [0.15, 0.2) is 0 Å². The highest BCUT2D eigenvalue weighted by atomic mass is 31.2. The number of hydrogen-bond donors (Lipinski definition) is 2. The van der Waals surface area contributed by atoms with E-state index in [0.717, 1.165) is 5.56 Å². The van der Waals surface area contributed by atoms with Gasteiger partial charge in [-0.2, -0.15) is 18.2 Å². The summed E-state index contributed by atoms with van der Waals surface area (Å²) in [5, 5.41) is 5.62. The predicted molar refractivity (Wildman–Crippen MR) is 142 cm³/mol. The smallest absolute Gasteiger partial charge is 0.341 e. The lowest BCUT2D eigenvalue weighted by atomic mass is 9.97. The molecule has 208 valence electrons. The normalized spacial score (nSPS) is 13.8. The van der Waals surface area contributed by atoms with Crippen molar-refractivity contribution < 1.29 is 31.6 Å². The highest BCUT2D eigenvalue weighted by Crippen LogP contribution is 2.51. The zero-order chi connectivity index (χ0) is 28.2. The maximum atomic E-state index is 13.8. The van der Waals surface area contributed by atoms with Crippen molar-refractivity contribution >= 4 is 36.6 Å². The Balaban J connectivity index is 1.59. The number of nitrogens with one attached hydrogen (secondary N) is 2. The van der Waals surface area contributed by atoms with Crippen LogP contribution in [0.15, 0.2) is 48.7 Å². The quantitative estimate of drug-likeness (QED) is 0.274. The Morgan fingerprint density at radius 3 is 2.38 bits per heavy atom. The van der Waals surface area contributed by atoms with Crippen LogP contribution in [0.2, 0.25) is 0 Å². The average Bonchev–Trinajstić information content (AvgIpc) is 2.87. The summed E-state index contributed by atoms with van der Waals surface area (Å²) < 4.78 is 64.9. The molecule has 1 aliphatic heterocycles. The summed E-state index contributed by atoms with van der Waals surface area (Å²) >= 11 is 0. The van der Waals surface area contributed by atoms with Gasteiger partial charge in [-0.3, -0.25) is 9.36 Å². The van der Waals surface area contributed by atoms with E-state index in [-0.39, 0.29) is 36.9 Å². The molecule has 1 aliphatic rings. The topological polar surface area (TPSA) is 106 Å². The number of carbonyl (C=O) groups excluding carboxylic acids is 1. The van der Waals surface area contributed by atoms with Crippen molar-refractivity contribution in [3.05, 3.63) is 70.9 Å². The average molecular weight is 564 g/mol. The zero-order valence-electron chi connectivity index (χ0n) is 21.7. The van der Waals surface area contributed by atoms with E-state index in [2.05, 4.69) is 20.6 Å². The van der Waals surface area contributed by atoms with Gasteiger partial charge in [0.2, 0.25) is 5.95 Å². The molecule has 0 fully saturated rings. The number of halogens is 3. The fourth-order valence-corrected chi connectivity index (χ4v) is 5.89. The van der Waals surface area contributed by atoms with Crippen molar-refractivity contribution in [3.8, 4) is 0 Å². The molecule has 2 heterocycles. The minimum absolute atomic E-state index is 0.0785. The standard InChI is InChI=1S/C26H29F3N5O4P/c1-4-37-39(36,38-5-2)16-17-9-11-19(12-10-17)31-25-30-15-20(26(27,28)29)23(33-25)32-21-8-6-7-18-13-14-34(3)24(35)22(18)21/h6-12,15H,4-5,13-14,16H2,1-3H3,(H2,30,31,32,33). The summed E-state index contributed by atoms with van der Waals surface area (Å²) in [4.78, 5) is 22.3. The number of hydrogen-bond acceptors (Lipinski definition) is 8. The van der Waals surface area contributed by atoms with Gasteiger partial charge in [-0.25, -0.2) is 4.98 Å². The number of likely N-dealkylation sites (N-methyl/N-ethyl adjacent to an activating group) is 1. The lowest BCUT2D eigenvalue weighted by molar-refractivity contribution is -0.137. The molecule has 0 aliphatic carbocycles. The monoisotopic (exact) mass is 563 g/mol. The first-order chi connectivity index (χ1) is 18.5. The number of aromatic nitrogens is 2. The molecule has 3 aromatic rings. The van der Waals surface area contributed by atoms with Crippen LogP contribution in [0, 0.1) is 0 Å². The summed E-state index contributed by atoms with van der Waals surface area (Å²) in [5.74, 6) is -0.847. The molecule has 1 amide bonds. The zero-order valence-corrected chi connectivity index (χ0v) is 22.6. The molecular formula is C26H29F3N5O4P. The summed E-state index contributed by atoms with van der Waals surface area (Å²) in [7, 11) is -1.64. The number of nitrogens with zero attached hydrogens (tertiary/aromatic N) is 3. The molecule has 0 saturated heterocycles. The third-order valence-corrected chi connectivity index (χ3v) is 8.07. The van der Waals surface area contributed by atoms with Gasteiger partial charge in [0.05, 0.1) is 30.6 Å². The second-order valence-corrected chi connectivity index (χ2v) is 10.9. The molecule has 2 N–H and O–H groups in total. The highest BCUT2D eigenvalue weighted by Gasteiger charge is 2.36. The van der Waals surface area contributed by atoms with Crippen molar-refractivity contribution in [1.82, 2.24) is 14.9 Å². The van der Waals surface area contributed by atoms with Gasteiger partial charge in [0.1, 0.15) is 11.4 Å². The van der Waals surface area contributed by atoms with Crippen LogP contribution in [0.3, 0.4) is 0 Å². The first-order valence-electron chi connectivity index (χ1n) is 12.4. The molecule has 0 spiro atoms. The molecule has 9 nitrogen and oxygen atoms in total. The van der Waals surface area contributed by atoms with Crippen molar-refractivity contribution in [2.45, 2.75) is 32.6 Å². The van der Waals surface area contributed by atoms with E-state index in [0.29, 0.717) is 36.0 Å². The molecule has 39 heavy (non-hydrogen) atoms. The number of fused-ring (bicyclic) bond motifs is 1. The number of anilines is 4. The minimum Gasteiger partial charge on any atom is -0.341 e. The van der Waals surface area contributed by atoms with E-state index >= 15 is 0 Å². The van der Waals surface area contributed by atoms with Crippen LogP contribution in [0.1, 0.15) is 40.9 Å². The highest BCUT2D eigenvalue weighted by molar-refractivity contribution is 7.53. The Morgan fingerprint density at radius 2 is 1.74 bits per heavy atom. The fraction of sp³-hybridized carbons (Fsp3) is 0.346. The van der Waals surface area contributed by atoms with E-state index in [1.54, 1.807) is 63.4 Å². The largest absolute Gasteiger partial charge is 0.421 e. The van der Waals surface area contributed by atoms with Gasteiger partial charge in [0, 0.05) is 25.5 Å². The van der Waals surface area contributed by atoms with Crippen LogP contribution in [0.25, 0.3) is 0 Å². The molecule has 0 atom stereocenters. The number of carbonyl (C=O) groups is 1. The van der Waals surface area contributed by atoms with Gasteiger partial charge >= 0.3 is 13.8 Å². The molecule has 13 heteroatoms. The fourth-order valence-electron chi connectivity index (χ4n) is 4.19. The van der Waals surface area contributed by atoms with Gasteiger partial charge in [0.25, 0.3) is 5.91 Å². The number of alkyl halides is 3. The van der Waals surface area contributed by atoms with E-state index in [9.17, 15) is 22.5 Å². The Hall–Kier alpha value is -3.47. The second-order valence-electron chi connectivity index (χ2n) is 8.82. The van der Waals surface area contributed by atoms with Crippen molar-refractivity contribution in [2.75, 3.05) is 37.4 Å². The predicted octanol–water partition coefficient (Wildman–Crippen LogP) is 6.38. The van der Waals surface area contributed by atoms with Crippen molar-refractivity contribution in [3.63, 3.8) is 0 Å². The van der Waals surface area contributed by atoms with E-state index in [1.165, 1.54) is 4.90 Å². The third kappa shape index (κ3) is 6.76. The lowest BCUT2D eigenvalue weighted by Gasteiger charge is -2.27. The number of amides is 1. The summed E-state index contributed by atoms with van der Waals surface area (Å²) in [5.41, 5.74) is 1.43. The van der Waals surface area contributed by atoms with Gasteiger partial charge in [-0.1, -0.05) is 24.3 Å². The molecule has 0 saturated carbocycles. The van der Waals surface area contributed by atoms with Crippen LogP contribution >= 0.6 is 7.60 Å². The summed E-state index contributed by atoms with van der Waals surface area (Å²) in [6.45, 7) is 4.48. The Morgan fingerprint density at radius 1 is 1.05 bits per heavy atom. The Labute approximate surface area is 224 Å². The van der Waals surface area contributed by atoms with Crippen LogP contribution in [-0.4, -0.2) is 47.6 Å². The van der Waals surface area contributed by atoms with Crippen molar-refractivity contribution in [2.24, 2.45) is 0 Å². The number of benzene rings is 2. The second kappa shape index (κ2) is 11.7. The molecule has 2 aromatic carbocycles. The third-order valence-electron chi connectivity index (χ3n) is 6.01. The van der Waals surface area contributed by atoms with E-state index < -0.39 is 25.2 Å². The minimum atomic E-state index is -4.73.